The first-order valence-corrected chi connectivity index (χ1v) is 6.51. The molecule has 108 valence electrons. The summed E-state index contributed by atoms with van der Waals surface area (Å²) in [5.41, 5.74) is 10.6. The highest BCUT2D eigenvalue weighted by Crippen LogP contribution is 2.32. The number of carbonyl (C=O) groups is 2. The van der Waals surface area contributed by atoms with Gasteiger partial charge in [0, 0.05) is 13.1 Å². The van der Waals surface area contributed by atoms with Crippen molar-refractivity contribution < 1.29 is 19.1 Å². The van der Waals surface area contributed by atoms with E-state index in [1.807, 2.05) is 13.0 Å². The van der Waals surface area contributed by atoms with Crippen LogP contribution in [0, 0.1) is 17.8 Å². The Labute approximate surface area is 113 Å². The highest BCUT2D eigenvalue weighted by Gasteiger charge is 2.39. The van der Waals surface area contributed by atoms with Crippen molar-refractivity contribution in [3.8, 4) is 0 Å². The summed E-state index contributed by atoms with van der Waals surface area (Å²) in [4.78, 5) is 23.9. The molecule has 0 saturated heterocycles. The quantitative estimate of drug-likeness (QED) is 0.512. The van der Waals surface area contributed by atoms with Gasteiger partial charge in [-0.1, -0.05) is 19.1 Å². The maximum absolute atomic E-state index is 12.0. The molecule has 0 aromatic rings. The summed E-state index contributed by atoms with van der Waals surface area (Å²) in [6.45, 7) is 2.77. The van der Waals surface area contributed by atoms with E-state index in [0.717, 1.165) is 6.42 Å². The Morgan fingerprint density at radius 3 is 2.32 bits per heavy atom. The summed E-state index contributed by atoms with van der Waals surface area (Å²) in [6, 6.07) is 0. The van der Waals surface area contributed by atoms with E-state index in [-0.39, 0.29) is 32.2 Å². The monoisotopic (exact) mass is 270 g/mol. The Morgan fingerprint density at radius 1 is 1.16 bits per heavy atom. The summed E-state index contributed by atoms with van der Waals surface area (Å²) >= 11 is 0. The first kappa shape index (κ1) is 15.7. The molecular weight excluding hydrogens is 248 g/mol. The molecule has 0 fully saturated rings. The smallest absolute Gasteiger partial charge is 0.313 e. The Balaban J connectivity index is 2.74. The third-order valence-corrected chi connectivity index (χ3v) is 3.12. The van der Waals surface area contributed by atoms with Crippen molar-refractivity contribution in [3.05, 3.63) is 12.2 Å². The number of esters is 2. The molecule has 0 saturated carbocycles. The van der Waals surface area contributed by atoms with Gasteiger partial charge in [0.05, 0.1) is 11.8 Å². The van der Waals surface area contributed by atoms with E-state index >= 15 is 0 Å². The summed E-state index contributed by atoms with van der Waals surface area (Å²) in [5.74, 6) is -1.90. The SMILES string of the molecule is CC1CC=CC(C(=O)OCCN)C1C(=O)OCCN. The first-order chi connectivity index (χ1) is 9.11. The lowest BCUT2D eigenvalue weighted by molar-refractivity contribution is -0.161. The molecule has 3 atom stereocenters. The van der Waals surface area contributed by atoms with E-state index in [2.05, 4.69) is 0 Å². The molecule has 3 unspecified atom stereocenters. The third-order valence-electron chi connectivity index (χ3n) is 3.12. The van der Waals surface area contributed by atoms with Crippen molar-refractivity contribution in [2.75, 3.05) is 26.3 Å². The van der Waals surface area contributed by atoms with E-state index < -0.39 is 23.8 Å². The highest BCUT2D eigenvalue weighted by atomic mass is 16.5. The van der Waals surface area contributed by atoms with Gasteiger partial charge in [0.2, 0.25) is 0 Å². The predicted molar refractivity (Wildman–Crippen MR) is 69.9 cm³/mol. The summed E-state index contributed by atoms with van der Waals surface area (Å²) in [6.07, 6.45) is 4.35. The second kappa shape index (κ2) is 7.91. The molecule has 0 heterocycles. The molecule has 0 aromatic carbocycles. The second-order valence-electron chi connectivity index (χ2n) is 4.61. The normalized spacial score (nSPS) is 25.9. The zero-order valence-corrected chi connectivity index (χ0v) is 11.2. The molecule has 1 aliphatic rings. The Hall–Kier alpha value is -1.40. The van der Waals surface area contributed by atoms with Gasteiger partial charge in [0.1, 0.15) is 13.2 Å². The van der Waals surface area contributed by atoms with Crippen LogP contribution >= 0.6 is 0 Å². The topological polar surface area (TPSA) is 105 Å². The van der Waals surface area contributed by atoms with Gasteiger partial charge in [-0.25, -0.2) is 0 Å². The Bertz CT molecular complexity index is 344. The maximum Gasteiger partial charge on any atom is 0.313 e. The number of ether oxygens (including phenoxy) is 2. The van der Waals surface area contributed by atoms with E-state index in [9.17, 15) is 9.59 Å². The van der Waals surface area contributed by atoms with Gasteiger partial charge in [-0.3, -0.25) is 9.59 Å². The second-order valence-corrected chi connectivity index (χ2v) is 4.61. The largest absolute Gasteiger partial charge is 0.464 e. The molecule has 19 heavy (non-hydrogen) atoms. The van der Waals surface area contributed by atoms with Crippen LogP contribution in [0.2, 0.25) is 0 Å². The van der Waals surface area contributed by atoms with Gasteiger partial charge in [-0.15, -0.1) is 0 Å². The van der Waals surface area contributed by atoms with Crippen LogP contribution in [0.3, 0.4) is 0 Å². The van der Waals surface area contributed by atoms with Crippen molar-refractivity contribution in [1.29, 1.82) is 0 Å². The van der Waals surface area contributed by atoms with Crippen LogP contribution in [0.5, 0.6) is 0 Å². The van der Waals surface area contributed by atoms with Crippen molar-refractivity contribution in [2.45, 2.75) is 13.3 Å². The van der Waals surface area contributed by atoms with Crippen molar-refractivity contribution in [1.82, 2.24) is 0 Å². The average molecular weight is 270 g/mol. The van der Waals surface area contributed by atoms with Crippen LogP contribution in [0.4, 0.5) is 0 Å². The van der Waals surface area contributed by atoms with Gasteiger partial charge in [-0.05, 0) is 12.3 Å². The molecule has 6 nitrogen and oxygen atoms in total. The van der Waals surface area contributed by atoms with Gasteiger partial charge in [0.15, 0.2) is 0 Å². The predicted octanol–water partition coefficient (Wildman–Crippen LogP) is -0.181. The first-order valence-electron chi connectivity index (χ1n) is 6.51. The van der Waals surface area contributed by atoms with E-state index in [0.29, 0.717) is 0 Å². The van der Waals surface area contributed by atoms with Gasteiger partial charge in [0.25, 0.3) is 0 Å². The molecule has 1 aliphatic carbocycles. The number of rotatable bonds is 6. The molecule has 1 rings (SSSR count). The molecule has 6 heteroatoms. The molecule has 0 aromatic heterocycles. The zero-order valence-electron chi connectivity index (χ0n) is 11.2. The maximum atomic E-state index is 12.0. The minimum absolute atomic E-state index is 0.0331. The van der Waals surface area contributed by atoms with Crippen molar-refractivity contribution >= 4 is 11.9 Å². The van der Waals surface area contributed by atoms with E-state index in [1.54, 1.807) is 6.08 Å². The summed E-state index contributed by atoms with van der Waals surface area (Å²) in [7, 11) is 0. The van der Waals surface area contributed by atoms with Crippen LogP contribution < -0.4 is 11.5 Å². The fourth-order valence-corrected chi connectivity index (χ4v) is 2.18. The fraction of sp³-hybridized carbons (Fsp3) is 0.692. The van der Waals surface area contributed by atoms with Crippen molar-refractivity contribution in [3.63, 3.8) is 0 Å². The molecule has 4 N–H and O–H groups in total. The number of hydrogen-bond acceptors (Lipinski definition) is 6. The molecule has 0 spiro atoms. The average Bonchev–Trinajstić information content (AvgIpc) is 2.41. The lowest BCUT2D eigenvalue weighted by atomic mass is 9.76. The zero-order chi connectivity index (χ0) is 14.3. The lowest BCUT2D eigenvalue weighted by Crippen LogP contribution is -2.38. The lowest BCUT2D eigenvalue weighted by Gasteiger charge is -2.29. The molecule has 0 aliphatic heterocycles. The van der Waals surface area contributed by atoms with Crippen molar-refractivity contribution in [2.24, 2.45) is 29.2 Å². The van der Waals surface area contributed by atoms with Gasteiger partial charge < -0.3 is 20.9 Å². The third kappa shape index (κ3) is 4.33. The van der Waals surface area contributed by atoms with E-state index in [4.69, 9.17) is 20.9 Å². The van der Waals surface area contributed by atoms with Crippen LogP contribution in [0.15, 0.2) is 12.2 Å². The minimum atomic E-state index is -0.597. The van der Waals surface area contributed by atoms with Crippen LogP contribution in [0.25, 0.3) is 0 Å². The standard InChI is InChI=1S/C13H22N2O4/c1-9-3-2-4-10(12(16)18-7-5-14)11(9)13(17)19-8-6-15/h2,4,9-11H,3,5-8,14-15H2,1H3. The van der Waals surface area contributed by atoms with E-state index in [1.165, 1.54) is 0 Å². The van der Waals surface area contributed by atoms with Gasteiger partial charge in [-0.2, -0.15) is 0 Å². The highest BCUT2D eigenvalue weighted by molar-refractivity contribution is 5.84. The summed E-state index contributed by atoms with van der Waals surface area (Å²) in [5, 5.41) is 0. The number of hydrogen-bond donors (Lipinski definition) is 2. The van der Waals surface area contributed by atoms with Crippen LogP contribution in [-0.2, 0) is 19.1 Å². The number of carbonyl (C=O) groups excluding carboxylic acids is 2. The Morgan fingerprint density at radius 2 is 1.74 bits per heavy atom. The Kier molecular flexibility index (Phi) is 6.52. The van der Waals surface area contributed by atoms with Crippen LogP contribution in [-0.4, -0.2) is 38.2 Å². The minimum Gasteiger partial charge on any atom is -0.464 e. The molecule has 0 amide bonds. The summed E-state index contributed by atoms with van der Waals surface area (Å²) < 4.78 is 10.1. The molecule has 0 radical (unpaired) electrons. The van der Waals surface area contributed by atoms with Crippen LogP contribution in [0.1, 0.15) is 13.3 Å². The molecular formula is C13H22N2O4. The molecule has 0 bridgehead atoms. The van der Waals surface area contributed by atoms with Gasteiger partial charge >= 0.3 is 11.9 Å². The number of allylic oxidation sites excluding steroid dienone is 1. The fourth-order valence-electron chi connectivity index (χ4n) is 2.18. The number of nitrogens with two attached hydrogens (primary N) is 2.